The monoisotopic (exact) mass is 570 g/mol. The highest BCUT2D eigenvalue weighted by Gasteiger charge is 2.15. The van der Waals surface area contributed by atoms with E-state index in [1.165, 1.54) is 30.3 Å². The van der Waals surface area contributed by atoms with Crippen LogP contribution in [-0.4, -0.2) is 69.7 Å². The van der Waals surface area contributed by atoms with E-state index in [0.29, 0.717) is 32.3 Å². The number of likely N-dealkylation sites (N-methyl/N-ethyl adjacent to an activating group) is 1. The van der Waals surface area contributed by atoms with Gasteiger partial charge in [0.2, 0.25) is 0 Å². The number of thiophene rings is 2. The summed E-state index contributed by atoms with van der Waals surface area (Å²) in [6, 6.07) is 5.75. The smallest absolute Gasteiger partial charge is 0.346 e. The molecule has 0 fully saturated rings. The summed E-state index contributed by atoms with van der Waals surface area (Å²) in [6.07, 6.45) is 7.02. The molecule has 2 aromatic rings. The van der Waals surface area contributed by atoms with Gasteiger partial charge in [-0.3, -0.25) is 0 Å². The Kier molecular flexibility index (Phi) is 15.1. The van der Waals surface area contributed by atoms with E-state index in [1.54, 1.807) is 17.4 Å². The Labute approximate surface area is 233 Å². The van der Waals surface area contributed by atoms with Crippen molar-refractivity contribution < 1.29 is 24.1 Å². The number of aliphatic carboxylic acids is 1. The zero-order valence-corrected chi connectivity index (χ0v) is 24.4. The molecule has 2 atom stereocenters. The average Bonchev–Trinajstić information content (AvgIpc) is 3.44. The molecule has 0 aliphatic heterocycles. The van der Waals surface area contributed by atoms with Gasteiger partial charge in [0.15, 0.2) is 0 Å². The summed E-state index contributed by atoms with van der Waals surface area (Å²) in [7, 11) is 2.04. The molecule has 0 spiro atoms. The van der Waals surface area contributed by atoms with Crippen molar-refractivity contribution in [3.63, 3.8) is 0 Å². The highest BCUT2D eigenvalue weighted by Crippen LogP contribution is 2.38. The Hall–Kier alpha value is -1.67. The lowest BCUT2D eigenvalue weighted by molar-refractivity contribution is -0.132. The maximum atomic E-state index is 11.0. The Balaban J connectivity index is 1.60. The standard InChI is InChI=1S/C27H39ClN2O5S2/c1-20(8-12-34-15-14-33-11-7-5-4-6-9-28)21(2)35-13-10-30(3)26-18-25-24(37-26)17-23(36-25)16-22(19-29)27(31)32/h16-18,20-21H,4-15H2,1-3H3,(H,31,32)/b22-16+. The molecule has 2 unspecified atom stereocenters. The number of nitrogens with zero attached hydrogens (tertiary/aromatic N) is 2. The van der Waals surface area contributed by atoms with Gasteiger partial charge >= 0.3 is 5.97 Å². The molecule has 2 heterocycles. The van der Waals surface area contributed by atoms with Gasteiger partial charge in [0.05, 0.1) is 30.9 Å². The van der Waals surface area contributed by atoms with Crippen LogP contribution in [0.15, 0.2) is 17.7 Å². The fourth-order valence-electron chi connectivity index (χ4n) is 3.51. The van der Waals surface area contributed by atoms with Gasteiger partial charge in [-0.15, -0.1) is 34.3 Å². The number of carboxylic acid groups (broad SMARTS) is 1. The minimum atomic E-state index is -1.21. The number of hydrogen-bond donors (Lipinski definition) is 1. The van der Waals surface area contributed by atoms with Gasteiger partial charge in [-0.05, 0) is 50.3 Å². The number of carboxylic acids is 1. The molecule has 2 rings (SSSR count). The fourth-order valence-corrected chi connectivity index (χ4v) is 6.03. The van der Waals surface area contributed by atoms with E-state index in [0.717, 1.165) is 57.6 Å². The minimum absolute atomic E-state index is 0.144. The van der Waals surface area contributed by atoms with Gasteiger partial charge in [-0.1, -0.05) is 19.8 Å². The number of rotatable bonds is 20. The van der Waals surface area contributed by atoms with Gasteiger partial charge in [0, 0.05) is 47.0 Å². The molecule has 0 saturated carbocycles. The zero-order valence-electron chi connectivity index (χ0n) is 22.0. The third kappa shape index (κ3) is 11.7. The van der Waals surface area contributed by atoms with Crippen LogP contribution < -0.4 is 4.90 Å². The van der Waals surface area contributed by atoms with Crippen LogP contribution in [0.4, 0.5) is 5.00 Å². The van der Waals surface area contributed by atoms with Crippen LogP contribution in [0.5, 0.6) is 0 Å². The lowest BCUT2D eigenvalue weighted by atomic mass is 10.0. The van der Waals surface area contributed by atoms with Crippen molar-refractivity contribution >= 4 is 60.7 Å². The van der Waals surface area contributed by atoms with E-state index in [1.807, 2.05) is 13.1 Å². The first kappa shape index (κ1) is 31.5. The van der Waals surface area contributed by atoms with E-state index >= 15 is 0 Å². The largest absolute Gasteiger partial charge is 0.477 e. The summed E-state index contributed by atoms with van der Waals surface area (Å²) in [5.41, 5.74) is -0.257. The number of alkyl halides is 1. The Bertz CT molecular complexity index is 985. The minimum Gasteiger partial charge on any atom is -0.477 e. The van der Waals surface area contributed by atoms with Gasteiger partial charge in [0.25, 0.3) is 0 Å². The SMILES string of the molecule is CC(CCOCCOCCCCCCCl)C(C)OCCN(C)c1cc2sc(/C=C(\C#N)C(=O)O)cc2s1. The number of anilines is 1. The van der Waals surface area contributed by atoms with Crippen LogP contribution in [0.3, 0.4) is 0 Å². The number of halogens is 1. The van der Waals surface area contributed by atoms with E-state index < -0.39 is 5.97 Å². The summed E-state index contributed by atoms with van der Waals surface area (Å²) in [5.74, 6) is -0.0649. The van der Waals surface area contributed by atoms with Gasteiger partial charge in [-0.25, -0.2) is 4.79 Å². The Morgan fingerprint density at radius 2 is 1.78 bits per heavy atom. The number of fused-ring (bicyclic) bond motifs is 1. The van der Waals surface area contributed by atoms with Crippen LogP contribution in [0.1, 0.15) is 50.8 Å². The van der Waals surface area contributed by atoms with Crippen LogP contribution in [0.25, 0.3) is 15.5 Å². The second kappa shape index (κ2) is 17.8. The quantitative estimate of drug-likeness (QED) is 0.0824. The molecule has 10 heteroatoms. The molecule has 37 heavy (non-hydrogen) atoms. The molecule has 0 aromatic carbocycles. The first-order valence-electron chi connectivity index (χ1n) is 12.8. The molecule has 1 N–H and O–H groups in total. The number of ether oxygens (including phenoxy) is 3. The van der Waals surface area contributed by atoms with E-state index in [-0.39, 0.29) is 11.7 Å². The number of unbranched alkanes of at least 4 members (excludes halogenated alkanes) is 3. The normalized spacial score (nSPS) is 13.5. The van der Waals surface area contributed by atoms with Crippen molar-refractivity contribution in [3.8, 4) is 6.07 Å². The van der Waals surface area contributed by atoms with Crippen molar-refractivity contribution in [1.82, 2.24) is 0 Å². The van der Waals surface area contributed by atoms with Crippen LogP contribution in [-0.2, 0) is 19.0 Å². The predicted octanol–water partition coefficient (Wildman–Crippen LogP) is 6.65. The highest BCUT2D eigenvalue weighted by molar-refractivity contribution is 7.30. The Morgan fingerprint density at radius 3 is 2.46 bits per heavy atom. The molecule has 206 valence electrons. The molecular weight excluding hydrogens is 532 g/mol. The molecule has 0 aliphatic rings. The summed E-state index contributed by atoms with van der Waals surface area (Å²) >= 11 is 8.81. The molecule has 2 aromatic heterocycles. The van der Waals surface area contributed by atoms with Crippen molar-refractivity contribution in [2.24, 2.45) is 5.92 Å². The van der Waals surface area contributed by atoms with Crippen molar-refractivity contribution in [2.75, 3.05) is 57.4 Å². The molecule has 0 aliphatic carbocycles. The summed E-state index contributed by atoms with van der Waals surface area (Å²) < 4.78 is 19.6. The van der Waals surface area contributed by atoms with E-state index in [4.69, 9.17) is 36.2 Å². The Morgan fingerprint density at radius 1 is 1.08 bits per heavy atom. The predicted molar refractivity (Wildman–Crippen MR) is 154 cm³/mol. The molecule has 0 bridgehead atoms. The maximum absolute atomic E-state index is 11.0. The van der Waals surface area contributed by atoms with Crippen molar-refractivity contribution in [1.29, 1.82) is 5.26 Å². The third-order valence-electron chi connectivity index (χ3n) is 6.10. The lowest BCUT2D eigenvalue weighted by Crippen LogP contribution is -2.27. The summed E-state index contributed by atoms with van der Waals surface area (Å²) in [4.78, 5) is 14.0. The van der Waals surface area contributed by atoms with Crippen LogP contribution in [0.2, 0.25) is 0 Å². The first-order valence-corrected chi connectivity index (χ1v) is 14.9. The second-order valence-electron chi connectivity index (χ2n) is 9.03. The van der Waals surface area contributed by atoms with Gasteiger partial charge in [0.1, 0.15) is 11.6 Å². The summed E-state index contributed by atoms with van der Waals surface area (Å²) in [6.45, 7) is 8.48. The average molecular weight is 571 g/mol. The third-order valence-corrected chi connectivity index (χ3v) is 8.72. The molecular formula is C27H39ClN2O5S2. The van der Waals surface area contributed by atoms with Crippen molar-refractivity contribution in [2.45, 2.75) is 52.1 Å². The van der Waals surface area contributed by atoms with E-state index in [2.05, 4.69) is 24.8 Å². The summed E-state index contributed by atoms with van der Waals surface area (Å²) in [5, 5.41) is 19.1. The van der Waals surface area contributed by atoms with Crippen LogP contribution in [0, 0.1) is 17.2 Å². The number of carbonyl (C=O) groups is 1. The topological polar surface area (TPSA) is 92.0 Å². The maximum Gasteiger partial charge on any atom is 0.346 e. The first-order chi connectivity index (χ1) is 17.8. The number of nitriles is 1. The second-order valence-corrected chi connectivity index (χ2v) is 11.6. The van der Waals surface area contributed by atoms with E-state index in [9.17, 15) is 4.79 Å². The molecule has 0 amide bonds. The fraction of sp³-hybridized carbons (Fsp3) is 0.630. The molecule has 0 saturated heterocycles. The zero-order chi connectivity index (χ0) is 27.0. The molecule has 7 nitrogen and oxygen atoms in total. The number of hydrogen-bond acceptors (Lipinski definition) is 8. The lowest BCUT2D eigenvalue weighted by Gasteiger charge is -2.23. The highest BCUT2D eigenvalue weighted by atomic mass is 35.5. The van der Waals surface area contributed by atoms with Gasteiger partial charge < -0.3 is 24.2 Å². The van der Waals surface area contributed by atoms with Crippen molar-refractivity contribution in [3.05, 3.63) is 22.6 Å². The van der Waals surface area contributed by atoms with Gasteiger partial charge in [-0.2, -0.15) is 5.26 Å². The van der Waals surface area contributed by atoms with Crippen LogP contribution >= 0.6 is 34.3 Å². The molecule has 0 radical (unpaired) electrons.